The summed E-state index contributed by atoms with van der Waals surface area (Å²) in [6.07, 6.45) is 4.89. The Kier molecular flexibility index (Phi) is 7.05. The Morgan fingerprint density at radius 1 is 1.35 bits per heavy atom. The first-order valence-corrected chi connectivity index (χ1v) is 9.83. The highest BCUT2D eigenvalue weighted by molar-refractivity contribution is 7.89. The smallest absolute Gasteiger partial charge is 0.246 e. The van der Waals surface area contributed by atoms with E-state index in [0.717, 1.165) is 19.4 Å². The van der Waals surface area contributed by atoms with Crippen molar-refractivity contribution in [2.75, 3.05) is 33.8 Å². The third kappa shape index (κ3) is 4.20. The standard InChI is InChI=1S/C17H24N4O3S.ClH/c1-18-10-14-6-5-9-20(12-14)25(22,23)15-11-19-21(13-15)16-7-3-4-8-17(16)24-2;/h3-4,7-8,11,13-14,18H,5-6,9-10,12H2,1-2H3;1H. The van der Waals surface area contributed by atoms with Gasteiger partial charge in [0.1, 0.15) is 16.3 Å². The van der Waals surface area contributed by atoms with Crippen LogP contribution < -0.4 is 10.1 Å². The van der Waals surface area contributed by atoms with Crippen LogP contribution in [0, 0.1) is 5.92 Å². The van der Waals surface area contributed by atoms with Crippen molar-refractivity contribution in [3.63, 3.8) is 0 Å². The molecule has 0 spiro atoms. The highest BCUT2D eigenvalue weighted by Crippen LogP contribution is 2.26. The zero-order valence-corrected chi connectivity index (χ0v) is 16.6. The second-order valence-corrected chi connectivity index (χ2v) is 8.16. The van der Waals surface area contributed by atoms with E-state index in [0.29, 0.717) is 30.4 Å². The van der Waals surface area contributed by atoms with Crippen molar-refractivity contribution in [2.45, 2.75) is 17.7 Å². The summed E-state index contributed by atoms with van der Waals surface area (Å²) in [5, 5.41) is 7.37. The maximum atomic E-state index is 13.0. The SMILES string of the molecule is CNCC1CCCN(S(=O)(=O)c2cnn(-c3ccccc3OC)c2)C1.Cl. The number of methoxy groups -OCH3 is 1. The molecule has 1 aliphatic rings. The van der Waals surface area contributed by atoms with Crippen LogP contribution in [0.15, 0.2) is 41.6 Å². The summed E-state index contributed by atoms with van der Waals surface area (Å²) in [5.74, 6) is 0.986. The number of aromatic nitrogens is 2. The average molecular weight is 401 g/mol. The Morgan fingerprint density at radius 3 is 2.85 bits per heavy atom. The maximum Gasteiger partial charge on any atom is 0.246 e. The van der Waals surface area contributed by atoms with Crippen LogP contribution in [-0.2, 0) is 10.0 Å². The van der Waals surface area contributed by atoms with E-state index >= 15 is 0 Å². The van der Waals surface area contributed by atoms with Gasteiger partial charge in [0.05, 0.1) is 19.5 Å². The van der Waals surface area contributed by atoms with Crippen molar-refractivity contribution in [2.24, 2.45) is 5.92 Å². The van der Waals surface area contributed by atoms with Gasteiger partial charge in [-0.15, -0.1) is 12.4 Å². The van der Waals surface area contributed by atoms with E-state index in [1.165, 1.54) is 6.20 Å². The maximum absolute atomic E-state index is 13.0. The largest absolute Gasteiger partial charge is 0.494 e. The molecule has 0 bridgehead atoms. The Bertz CT molecular complexity index is 823. The molecular formula is C17H25ClN4O3S. The van der Waals surface area contributed by atoms with E-state index in [-0.39, 0.29) is 17.3 Å². The minimum atomic E-state index is -3.54. The molecule has 1 aromatic carbocycles. The van der Waals surface area contributed by atoms with Crippen LogP contribution in [0.5, 0.6) is 5.75 Å². The molecular weight excluding hydrogens is 376 g/mol. The normalized spacial score (nSPS) is 18.3. The zero-order valence-electron chi connectivity index (χ0n) is 15.0. The number of halogens is 1. The molecule has 7 nitrogen and oxygen atoms in total. The second-order valence-electron chi connectivity index (χ2n) is 6.22. The van der Waals surface area contributed by atoms with Crippen molar-refractivity contribution in [3.8, 4) is 11.4 Å². The first-order valence-electron chi connectivity index (χ1n) is 8.39. The minimum absolute atomic E-state index is 0. The molecule has 1 unspecified atom stereocenters. The van der Waals surface area contributed by atoms with Crippen molar-refractivity contribution < 1.29 is 13.2 Å². The van der Waals surface area contributed by atoms with Crippen LogP contribution in [0.4, 0.5) is 0 Å². The molecule has 3 rings (SSSR count). The van der Waals surface area contributed by atoms with Gasteiger partial charge in [0.25, 0.3) is 0 Å². The Balaban J connectivity index is 0.00000243. The molecule has 0 saturated carbocycles. The summed E-state index contributed by atoms with van der Waals surface area (Å²) < 4.78 is 34.4. The van der Waals surface area contributed by atoms with Gasteiger partial charge in [-0.3, -0.25) is 0 Å². The van der Waals surface area contributed by atoms with Gasteiger partial charge < -0.3 is 10.1 Å². The quantitative estimate of drug-likeness (QED) is 0.801. The molecule has 0 amide bonds. The van der Waals surface area contributed by atoms with Gasteiger partial charge >= 0.3 is 0 Å². The summed E-state index contributed by atoms with van der Waals surface area (Å²) in [5.41, 5.74) is 0.707. The van der Waals surface area contributed by atoms with Crippen LogP contribution in [0.1, 0.15) is 12.8 Å². The molecule has 9 heteroatoms. The van der Waals surface area contributed by atoms with Gasteiger partial charge in [0, 0.05) is 13.1 Å². The van der Waals surface area contributed by atoms with E-state index in [2.05, 4.69) is 10.4 Å². The van der Waals surface area contributed by atoms with Crippen LogP contribution >= 0.6 is 12.4 Å². The number of benzene rings is 1. The molecule has 2 aromatic rings. The lowest BCUT2D eigenvalue weighted by Crippen LogP contribution is -2.42. The summed E-state index contributed by atoms with van der Waals surface area (Å²) in [6, 6.07) is 7.38. The van der Waals surface area contributed by atoms with Crippen molar-refractivity contribution in [1.29, 1.82) is 0 Å². The lowest BCUT2D eigenvalue weighted by atomic mass is 10.00. The van der Waals surface area contributed by atoms with E-state index < -0.39 is 10.0 Å². The molecule has 1 atom stereocenters. The first-order chi connectivity index (χ1) is 12.1. The molecule has 1 saturated heterocycles. The minimum Gasteiger partial charge on any atom is -0.494 e. The monoisotopic (exact) mass is 400 g/mol. The van der Waals surface area contributed by atoms with Gasteiger partial charge in [-0.2, -0.15) is 9.40 Å². The summed E-state index contributed by atoms with van der Waals surface area (Å²) in [7, 11) is -0.0660. The fourth-order valence-corrected chi connectivity index (χ4v) is 4.73. The predicted molar refractivity (Wildman–Crippen MR) is 103 cm³/mol. The van der Waals surface area contributed by atoms with Crippen molar-refractivity contribution >= 4 is 22.4 Å². The van der Waals surface area contributed by atoms with E-state index in [1.807, 2.05) is 31.3 Å². The second kappa shape index (κ2) is 8.85. The highest BCUT2D eigenvalue weighted by Gasteiger charge is 2.31. The van der Waals surface area contributed by atoms with Gasteiger partial charge in [0.15, 0.2) is 0 Å². The predicted octanol–water partition coefficient (Wildman–Crippen LogP) is 1.92. The molecule has 1 aromatic heterocycles. The van der Waals surface area contributed by atoms with E-state index in [9.17, 15) is 8.42 Å². The van der Waals surface area contributed by atoms with E-state index in [1.54, 1.807) is 22.3 Å². The molecule has 1 fully saturated rings. The number of piperidine rings is 1. The molecule has 1 aliphatic heterocycles. The van der Waals surface area contributed by atoms with Gasteiger partial charge in [-0.05, 0) is 44.5 Å². The van der Waals surface area contributed by atoms with Crippen molar-refractivity contribution in [1.82, 2.24) is 19.4 Å². The fraction of sp³-hybridized carbons (Fsp3) is 0.471. The molecule has 26 heavy (non-hydrogen) atoms. The molecule has 0 radical (unpaired) electrons. The number of hydrogen-bond acceptors (Lipinski definition) is 5. The van der Waals surface area contributed by atoms with Gasteiger partial charge in [-0.25, -0.2) is 13.1 Å². The Morgan fingerprint density at radius 2 is 2.12 bits per heavy atom. The first kappa shape index (κ1) is 20.7. The van der Waals surface area contributed by atoms with Crippen LogP contribution in [0.2, 0.25) is 0 Å². The molecule has 144 valence electrons. The number of ether oxygens (including phenoxy) is 1. The summed E-state index contributed by atoms with van der Waals surface area (Å²) in [4.78, 5) is 0.212. The molecule has 2 heterocycles. The van der Waals surface area contributed by atoms with Crippen molar-refractivity contribution in [3.05, 3.63) is 36.7 Å². The number of para-hydroxylation sites is 2. The lowest BCUT2D eigenvalue weighted by Gasteiger charge is -2.31. The van der Waals surface area contributed by atoms with Crippen LogP contribution in [-0.4, -0.2) is 56.3 Å². The van der Waals surface area contributed by atoms with Gasteiger partial charge in [0.2, 0.25) is 10.0 Å². The third-order valence-corrected chi connectivity index (χ3v) is 6.32. The fourth-order valence-electron chi connectivity index (χ4n) is 3.24. The lowest BCUT2D eigenvalue weighted by molar-refractivity contribution is 0.263. The number of rotatable bonds is 6. The topological polar surface area (TPSA) is 76.5 Å². The summed E-state index contributed by atoms with van der Waals surface area (Å²) in [6.45, 7) is 1.93. The Hall–Kier alpha value is -1.61. The number of sulfonamides is 1. The Labute approximate surface area is 160 Å². The van der Waals surface area contributed by atoms with Gasteiger partial charge in [-0.1, -0.05) is 12.1 Å². The third-order valence-electron chi connectivity index (χ3n) is 4.50. The van der Waals surface area contributed by atoms with Crippen LogP contribution in [0.25, 0.3) is 5.69 Å². The van der Waals surface area contributed by atoms with Crippen LogP contribution in [0.3, 0.4) is 0 Å². The molecule has 0 aliphatic carbocycles. The van der Waals surface area contributed by atoms with E-state index in [4.69, 9.17) is 4.74 Å². The zero-order chi connectivity index (χ0) is 17.9. The number of nitrogens with one attached hydrogen (secondary N) is 1. The average Bonchev–Trinajstić information content (AvgIpc) is 3.13. The molecule has 1 N–H and O–H groups in total. The number of nitrogens with zero attached hydrogens (tertiary/aromatic N) is 3. The highest BCUT2D eigenvalue weighted by atomic mass is 35.5. The summed E-state index contributed by atoms with van der Waals surface area (Å²) >= 11 is 0. The number of hydrogen-bond donors (Lipinski definition) is 1.